The van der Waals surface area contributed by atoms with Crippen LogP contribution in [0.1, 0.15) is 29.7 Å². The van der Waals surface area contributed by atoms with E-state index in [0.717, 1.165) is 17.0 Å². The molecule has 2 aromatic carbocycles. The summed E-state index contributed by atoms with van der Waals surface area (Å²) in [5.74, 6) is 0. The molecule has 2 aromatic rings. The highest BCUT2D eigenvalue weighted by atomic mass is 19.4. The molecule has 0 bridgehead atoms. The van der Waals surface area contributed by atoms with Crippen molar-refractivity contribution >= 4 is 11.7 Å². The molecule has 1 unspecified atom stereocenters. The molecule has 0 spiro atoms. The van der Waals surface area contributed by atoms with Crippen molar-refractivity contribution in [2.24, 2.45) is 0 Å². The predicted octanol–water partition coefficient (Wildman–Crippen LogP) is 5.00. The third-order valence-electron chi connectivity index (χ3n) is 4.38. The second-order valence-corrected chi connectivity index (χ2v) is 6.08. The number of hydrogen-bond acceptors (Lipinski definition) is 2. The quantitative estimate of drug-likeness (QED) is 0.743. The Morgan fingerprint density at radius 3 is 2.46 bits per heavy atom. The minimum atomic E-state index is -4.55. The SMILES string of the molecule is [C-]#[N+]C1=C(C)N(c2cccc(C(F)(F)F)c2)C(=O)NC1c1ccc(C#N)cc1. The summed E-state index contributed by atoms with van der Waals surface area (Å²) >= 11 is 0. The Morgan fingerprint density at radius 2 is 1.89 bits per heavy atom. The fraction of sp³-hybridized carbons (Fsp3) is 0.150. The van der Waals surface area contributed by atoms with E-state index in [9.17, 15) is 18.0 Å². The zero-order valence-electron chi connectivity index (χ0n) is 14.6. The van der Waals surface area contributed by atoms with Crippen LogP contribution < -0.4 is 10.2 Å². The Morgan fingerprint density at radius 1 is 1.21 bits per heavy atom. The number of urea groups is 1. The van der Waals surface area contributed by atoms with Crippen LogP contribution >= 0.6 is 0 Å². The molecule has 0 saturated carbocycles. The fourth-order valence-corrected chi connectivity index (χ4v) is 3.00. The number of benzene rings is 2. The highest BCUT2D eigenvalue weighted by molar-refractivity contribution is 5.97. The number of amides is 2. The van der Waals surface area contributed by atoms with Crippen LogP contribution in [-0.4, -0.2) is 6.03 Å². The van der Waals surface area contributed by atoms with Crippen LogP contribution in [0.15, 0.2) is 59.9 Å². The Hall–Kier alpha value is -3.78. The highest BCUT2D eigenvalue weighted by Crippen LogP contribution is 2.36. The smallest absolute Gasteiger partial charge is 0.335 e. The number of nitrogens with zero attached hydrogens (tertiary/aromatic N) is 3. The van der Waals surface area contributed by atoms with Crippen molar-refractivity contribution in [2.75, 3.05) is 4.90 Å². The maximum Gasteiger partial charge on any atom is 0.416 e. The third kappa shape index (κ3) is 3.40. The van der Waals surface area contributed by atoms with E-state index in [2.05, 4.69) is 10.2 Å². The molecule has 2 amide bonds. The van der Waals surface area contributed by atoms with E-state index in [1.54, 1.807) is 24.3 Å². The lowest BCUT2D eigenvalue weighted by atomic mass is 9.99. The molecular weight excluding hydrogens is 369 g/mol. The number of carbonyl (C=O) groups excluding carboxylic acids is 1. The van der Waals surface area contributed by atoms with Gasteiger partial charge < -0.3 is 5.32 Å². The van der Waals surface area contributed by atoms with E-state index < -0.39 is 23.8 Å². The van der Waals surface area contributed by atoms with E-state index >= 15 is 0 Å². The van der Waals surface area contributed by atoms with Crippen LogP contribution in [0.3, 0.4) is 0 Å². The summed E-state index contributed by atoms with van der Waals surface area (Å²) < 4.78 is 39.0. The van der Waals surface area contributed by atoms with Gasteiger partial charge in [-0.05, 0) is 42.8 Å². The average Bonchev–Trinajstić information content (AvgIpc) is 2.67. The lowest BCUT2D eigenvalue weighted by Gasteiger charge is -2.34. The zero-order chi connectivity index (χ0) is 20.5. The first-order chi connectivity index (χ1) is 13.3. The number of carbonyl (C=O) groups is 1. The van der Waals surface area contributed by atoms with Crippen molar-refractivity contribution in [3.8, 4) is 6.07 Å². The molecule has 1 atom stereocenters. The topological polar surface area (TPSA) is 60.5 Å². The lowest BCUT2D eigenvalue weighted by Crippen LogP contribution is -2.46. The van der Waals surface area contributed by atoms with E-state index in [1.165, 1.54) is 19.1 Å². The van der Waals surface area contributed by atoms with Crippen molar-refractivity contribution in [1.29, 1.82) is 5.26 Å². The van der Waals surface area contributed by atoms with Crippen molar-refractivity contribution < 1.29 is 18.0 Å². The number of hydrogen-bond donors (Lipinski definition) is 1. The molecule has 1 heterocycles. The maximum atomic E-state index is 13.0. The summed E-state index contributed by atoms with van der Waals surface area (Å²) in [5, 5.41) is 11.6. The van der Waals surface area contributed by atoms with Gasteiger partial charge in [0.05, 0.1) is 29.8 Å². The summed E-state index contributed by atoms with van der Waals surface area (Å²) in [7, 11) is 0. The second kappa shape index (κ2) is 7.09. The summed E-state index contributed by atoms with van der Waals surface area (Å²) in [5.41, 5.74) is 0.588. The van der Waals surface area contributed by atoms with Gasteiger partial charge in [0.1, 0.15) is 0 Å². The van der Waals surface area contributed by atoms with Gasteiger partial charge in [0.15, 0.2) is 0 Å². The van der Waals surface area contributed by atoms with E-state index in [1.807, 2.05) is 6.07 Å². The molecule has 0 saturated heterocycles. The molecular formula is C20H13F3N4O. The van der Waals surface area contributed by atoms with Gasteiger partial charge in [0.2, 0.25) is 5.70 Å². The molecule has 3 rings (SSSR count). The Labute approximate surface area is 159 Å². The first-order valence-electron chi connectivity index (χ1n) is 8.12. The van der Waals surface area contributed by atoms with Gasteiger partial charge >= 0.3 is 12.2 Å². The minimum Gasteiger partial charge on any atom is -0.335 e. The van der Waals surface area contributed by atoms with Crippen molar-refractivity contribution in [3.63, 3.8) is 0 Å². The number of allylic oxidation sites excluding steroid dienone is 1. The number of halogens is 3. The number of nitriles is 1. The van der Waals surface area contributed by atoms with Crippen LogP contribution in [-0.2, 0) is 6.18 Å². The number of anilines is 1. The normalized spacial score (nSPS) is 17.0. The molecule has 0 radical (unpaired) electrons. The fourth-order valence-electron chi connectivity index (χ4n) is 3.00. The molecule has 0 aliphatic carbocycles. The van der Waals surface area contributed by atoms with Crippen LogP contribution in [0.25, 0.3) is 4.85 Å². The lowest BCUT2D eigenvalue weighted by molar-refractivity contribution is -0.137. The van der Waals surface area contributed by atoms with Crippen molar-refractivity contribution in [2.45, 2.75) is 19.1 Å². The molecule has 28 heavy (non-hydrogen) atoms. The highest BCUT2D eigenvalue weighted by Gasteiger charge is 2.35. The third-order valence-corrected chi connectivity index (χ3v) is 4.38. The molecule has 5 nitrogen and oxygen atoms in total. The van der Waals surface area contributed by atoms with Gasteiger partial charge in [-0.2, -0.15) is 18.4 Å². The van der Waals surface area contributed by atoms with E-state index in [4.69, 9.17) is 11.8 Å². The van der Waals surface area contributed by atoms with E-state index in [-0.39, 0.29) is 17.1 Å². The maximum absolute atomic E-state index is 13.0. The van der Waals surface area contributed by atoms with Crippen LogP contribution in [0.5, 0.6) is 0 Å². The summed E-state index contributed by atoms with van der Waals surface area (Å²) in [6, 6.07) is 11.4. The minimum absolute atomic E-state index is 0.0178. The molecule has 0 aromatic heterocycles. The standard InChI is InChI=1S/C20H13F3N4O/c1-12-17(25-2)18(14-8-6-13(11-24)7-9-14)26-19(28)27(12)16-5-3-4-15(10-16)20(21,22)23/h3-10,18H,1H3,(H,26,28). The van der Waals surface area contributed by atoms with Gasteiger partial charge in [-0.15, -0.1) is 0 Å². The van der Waals surface area contributed by atoms with Gasteiger partial charge in [-0.3, -0.25) is 4.90 Å². The monoisotopic (exact) mass is 382 g/mol. The first kappa shape index (κ1) is 19.0. The van der Waals surface area contributed by atoms with Crippen molar-refractivity contribution in [3.05, 3.63) is 88.0 Å². The average molecular weight is 382 g/mol. The predicted molar refractivity (Wildman–Crippen MR) is 95.7 cm³/mol. The molecule has 1 N–H and O–H groups in total. The molecule has 140 valence electrons. The van der Waals surface area contributed by atoms with Crippen LogP contribution in [0.2, 0.25) is 0 Å². The van der Waals surface area contributed by atoms with Crippen LogP contribution in [0, 0.1) is 17.9 Å². The Balaban J connectivity index is 2.06. The molecule has 1 aliphatic heterocycles. The molecule has 8 heteroatoms. The Bertz CT molecular complexity index is 1040. The largest absolute Gasteiger partial charge is 0.416 e. The number of nitrogens with one attached hydrogen (secondary N) is 1. The van der Waals surface area contributed by atoms with Gasteiger partial charge in [-0.25, -0.2) is 9.64 Å². The summed E-state index contributed by atoms with van der Waals surface area (Å²) in [6.07, 6.45) is -4.55. The second-order valence-electron chi connectivity index (χ2n) is 6.08. The molecule has 1 aliphatic rings. The van der Waals surface area contributed by atoms with Crippen LogP contribution in [0.4, 0.5) is 23.7 Å². The summed E-state index contributed by atoms with van der Waals surface area (Å²) in [4.78, 5) is 17.2. The number of rotatable bonds is 2. The first-order valence-corrected chi connectivity index (χ1v) is 8.12. The van der Waals surface area contributed by atoms with Crippen molar-refractivity contribution in [1.82, 2.24) is 5.32 Å². The zero-order valence-corrected chi connectivity index (χ0v) is 14.6. The molecule has 0 fully saturated rings. The van der Waals surface area contributed by atoms with E-state index in [0.29, 0.717) is 11.1 Å². The number of alkyl halides is 3. The van der Waals surface area contributed by atoms with Gasteiger partial charge in [0, 0.05) is 11.4 Å². The summed E-state index contributed by atoms with van der Waals surface area (Å²) in [6.45, 7) is 9.02. The van der Waals surface area contributed by atoms with Gasteiger partial charge in [0.25, 0.3) is 0 Å². The van der Waals surface area contributed by atoms with Gasteiger partial charge in [-0.1, -0.05) is 18.2 Å². The Kier molecular flexibility index (Phi) is 4.81.